The molecule has 2 aliphatic rings. The molecular weight excluding hydrogens is 362 g/mol. The maximum absolute atomic E-state index is 12.3. The van der Waals surface area contributed by atoms with Crippen LogP contribution < -0.4 is 9.60 Å². The minimum atomic E-state index is -3.56. The summed E-state index contributed by atoms with van der Waals surface area (Å²) in [7, 11) is -3.56. The predicted octanol–water partition coefficient (Wildman–Crippen LogP) is 1.13. The van der Waals surface area contributed by atoms with Gasteiger partial charge in [0.15, 0.2) is 0 Å². The number of hydrogen-bond acceptors (Lipinski definition) is 5. The molecule has 1 saturated carbocycles. The van der Waals surface area contributed by atoms with Gasteiger partial charge in [-0.15, -0.1) is 0 Å². The van der Waals surface area contributed by atoms with E-state index in [1.807, 2.05) is 0 Å². The van der Waals surface area contributed by atoms with E-state index >= 15 is 0 Å². The van der Waals surface area contributed by atoms with Crippen LogP contribution in [0.25, 0.3) is 10.2 Å². The number of sulfonamides is 1. The van der Waals surface area contributed by atoms with E-state index in [2.05, 4.69) is 4.72 Å². The van der Waals surface area contributed by atoms with Gasteiger partial charge >= 0.3 is 4.87 Å². The molecule has 0 radical (unpaired) electrons. The van der Waals surface area contributed by atoms with Crippen LogP contribution in [0.2, 0.25) is 0 Å². The van der Waals surface area contributed by atoms with Gasteiger partial charge in [-0.05, 0) is 43.9 Å². The van der Waals surface area contributed by atoms with Gasteiger partial charge in [0.1, 0.15) is 6.54 Å². The van der Waals surface area contributed by atoms with Gasteiger partial charge in [-0.2, -0.15) is 0 Å². The molecule has 4 rings (SSSR count). The number of nitrogens with one attached hydrogen (secondary N) is 1. The Balaban J connectivity index is 1.64. The maximum Gasteiger partial charge on any atom is 0.308 e. The van der Waals surface area contributed by atoms with Gasteiger partial charge in [0.25, 0.3) is 0 Å². The number of fused-ring (bicyclic) bond motifs is 1. The first-order valence-electron chi connectivity index (χ1n) is 8.37. The first-order valence-corrected chi connectivity index (χ1v) is 10.7. The number of carbonyl (C=O) groups excluding carboxylic acids is 1. The smallest absolute Gasteiger partial charge is 0.308 e. The molecule has 2 aromatic rings. The van der Waals surface area contributed by atoms with Gasteiger partial charge in [0.05, 0.1) is 15.1 Å². The van der Waals surface area contributed by atoms with Gasteiger partial charge in [-0.3, -0.25) is 14.2 Å². The lowest BCUT2D eigenvalue weighted by molar-refractivity contribution is -0.130. The Kier molecular flexibility index (Phi) is 4.17. The second kappa shape index (κ2) is 6.22. The molecule has 0 atom stereocenters. The first kappa shape index (κ1) is 16.7. The van der Waals surface area contributed by atoms with Crippen molar-refractivity contribution in [3.8, 4) is 0 Å². The minimum Gasteiger partial charge on any atom is -0.341 e. The molecule has 25 heavy (non-hydrogen) atoms. The highest BCUT2D eigenvalue weighted by molar-refractivity contribution is 7.89. The van der Waals surface area contributed by atoms with Crippen LogP contribution in [0.1, 0.15) is 25.7 Å². The predicted molar refractivity (Wildman–Crippen MR) is 95.2 cm³/mol. The molecule has 0 spiro atoms. The number of benzene rings is 1. The number of aromatic nitrogens is 1. The normalized spacial score (nSPS) is 18.2. The fourth-order valence-electron chi connectivity index (χ4n) is 3.05. The van der Waals surface area contributed by atoms with Crippen LogP contribution in [0.3, 0.4) is 0 Å². The van der Waals surface area contributed by atoms with Gasteiger partial charge in [-0.25, -0.2) is 13.1 Å². The van der Waals surface area contributed by atoms with Crippen LogP contribution in [0.15, 0.2) is 27.9 Å². The molecular formula is C16H19N3O4S2. The van der Waals surface area contributed by atoms with E-state index < -0.39 is 10.0 Å². The quantitative estimate of drug-likeness (QED) is 0.841. The van der Waals surface area contributed by atoms with E-state index in [1.54, 1.807) is 11.0 Å². The Morgan fingerprint density at radius 3 is 2.64 bits per heavy atom. The summed E-state index contributed by atoms with van der Waals surface area (Å²) in [5.41, 5.74) is 0.605. The van der Waals surface area contributed by atoms with Gasteiger partial charge in [0, 0.05) is 19.1 Å². The number of nitrogens with zero attached hydrogens (tertiary/aromatic N) is 2. The molecule has 0 bridgehead atoms. The Hall–Kier alpha value is -1.71. The molecule has 1 amide bonds. The van der Waals surface area contributed by atoms with E-state index in [0.717, 1.165) is 50.1 Å². The highest BCUT2D eigenvalue weighted by atomic mass is 32.2. The molecule has 1 N–H and O–H groups in total. The Labute approximate surface area is 149 Å². The van der Waals surface area contributed by atoms with E-state index in [1.165, 1.54) is 16.7 Å². The maximum atomic E-state index is 12.3. The van der Waals surface area contributed by atoms with Gasteiger partial charge in [0.2, 0.25) is 15.9 Å². The van der Waals surface area contributed by atoms with Crippen molar-refractivity contribution < 1.29 is 13.2 Å². The zero-order valence-electron chi connectivity index (χ0n) is 13.6. The Bertz CT molecular complexity index is 982. The molecule has 134 valence electrons. The van der Waals surface area contributed by atoms with E-state index in [0.29, 0.717) is 10.2 Å². The number of likely N-dealkylation sites (tertiary alicyclic amines) is 1. The van der Waals surface area contributed by atoms with Crippen molar-refractivity contribution in [2.24, 2.45) is 0 Å². The average molecular weight is 381 g/mol. The lowest BCUT2D eigenvalue weighted by Crippen LogP contribution is -2.33. The molecule has 7 nitrogen and oxygen atoms in total. The first-order chi connectivity index (χ1) is 11.9. The zero-order valence-corrected chi connectivity index (χ0v) is 15.2. The van der Waals surface area contributed by atoms with Crippen molar-refractivity contribution in [2.75, 3.05) is 13.1 Å². The summed E-state index contributed by atoms with van der Waals surface area (Å²) in [6.45, 7) is 1.49. The Morgan fingerprint density at radius 2 is 1.96 bits per heavy atom. The van der Waals surface area contributed by atoms with E-state index in [-0.39, 0.29) is 28.3 Å². The summed E-state index contributed by atoms with van der Waals surface area (Å²) in [5, 5.41) is 0. The van der Waals surface area contributed by atoms with Gasteiger partial charge < -0.3 is 4.90 Å². The summed E-state index contributed by atoms with van der Waals surface area (Å²) < 4.78 is 29.3. The molecule has 2 fully saturated rings. The summed E-state index contributed by atoms with van der Waals surface area (Å²) in [5.74, 6) is -0.0635. The van der Waals surface area contributed by atoms with Crippen molar-refractivity contribution in [1.29, 1.82) is 0 Å². The van der Waals surface area contributed by atoms with Crippen LogP contribution in [0.5, 0.6) is 0 Å². The Morgan fingerprint density at radius 1 is 1.24 bits per heavy atom. The number of thiazole rings is 1. The summed E-state index contributed by atoms with van der Waals surface area (Å²) in [4.78, 5) is 26.3. The summed E-state index contributed by atoms with van der Waals surface area (Å²) in [6.07, 6.45) is 3.73. The van der Waals surface area contributed by atoms with E-state index in [4.69, 9.17) is 0 Å². The highest BCUT2D eigenvalue weighted by Crippen LogP contribution is 2.25. The SMILES string of the molecule is O=C(Cn1c(=O)sc2cc(S(=O)(=O)NC3CC3)ccc21)N1CCCC1. The number of rotatable bonds is 5. The molecule has 1 saturated heterocycles. The van der Waals surface area contributed by atoms with Crippen LogP contribution in [0.4, 0.5) is 0 Å². The van der Waals surface area contributed by atoms with Crippen molar-refractivity contribution in [3.63, 3.8) is 0 Å². The van der Waals surface area contributed by atoms with Crippen LogP contribution in [-0.4, -0.2) is 42.9 Å². The van der Waals surface area contributed by atoms with Crippen molar-refractivity contribution in [3.05, 3.63) is 27.9 Å². The van der Waals surface area contributed by atoms with Gasteiger partial charge in [-0.1, -0.05) is 11.3 Å². The number of amides is 1. The largest absolute Gasteiger partial charge is 0.341 e. The standard InChI is InChI=1S/C16H19N3O4S2/c20-15(18-7-1-2-8-18)10-19-13-6-5-12(9-14(13)24-16(19)21)25(22,23)17-11-3-4-11/h5-6,9,11,17H,1-4,7-8,10H2. The van der Waals surface area contributed by atoms with Crippen molar-refractivity contribution in [2.45, 2.75) is 43.2 Å². The molecule has 0 unspecified atom stereocenters. The molecule has 1 aliphatic carbocycles. The number of hydrogen-bond donors (Lipinski definition) is 1. The molecule has 1 aromatic heterocycles. The molecule has 2 heterocycles. The molecule has 1 aliphatic heterocycles. The fraction of sp³-hybridized carbons (Fsp3) is 0.500. The lowest BCUT2D eigenvalue weighted by atomic mass is 10.3. The second-order valence-corrected chi connectivity index (χ2v) is 9.27. The summed E-state index contributed by atoms with van der Waals surface area (Å²) >= 11 is 0.973. The van der Waals surface area contributed by atoms with Crippen LogP contribution in [-0.2, 0) is 21.4 Å². The van der Waals surface area contributed by atoms with Crippen molar-refractivity contribution in [1.82, 2.24) is 14.2 Å². The monoisotopic (exact) mass is 381 g/mol. The number of carbonyl (C=O) groups is 1. The fourth-order valence-corrected chi connectivity index (χ4v) is 5.39. The lowest BCUT2D eigenvalue weighted by Gasteiger charge is -2.15. The minimum absolute atomic E-state index is 0.00521. The van der Waals surface area contributed by atoms with Crippen molar-refractivity contribution >= 4 is 37.5 Å². The topological polar surface area (TPSA) is 88.5 Å². The third-order valence-electron chi connectivity index (χ3n) is 4.60. The molecule has 1 aromatic carbocycles. The summed E-state index contributed by atoms with van der Waals surface area (Å²) in [6, 6.07) is 4.66. The van der Waals surface area contributed by atoms with E-state index in [9.17, 15) is 18.0 Å². The highest BCUT2D eigenvalue weighted by Gasteiger charge is 2.28. The molecule has 9 heteroatoms. The average Bonchev–Trinajstić information content (AvgIpc) is 3.10. The third kappa shape index (κ3) is 3.36. The zero-order chi connectivity index (χ0) is 17.6. The second-order valence-electron chi connectivity index (χ2n) is 6.57. The third-order valence-corrected chi connectivity index (χ3v) is 7.06. The van der Waals surface area contributed by atoms with Crippen LogP contribution in [0, 0.1) is 0 Å². The van der Waals surface area contributed by atoms with Crippen LogP contribution >= 0.6 is 11.3 Å².